The Morgan fingerprint density at radius 2 is 2.20 bits per heavy atom. The van der Waals surface area contributed by atoms with Crippen molar-refractivity contribution in [3.63, 3.8) is 0 Å². The molecule has 132 valence electrons. The number of carbonyl (C=O) groups is 1. The average Bonchev–Trinajstić information content (AvgIpc) is 3.14. The second-order valence-corrected chi connectivity index (χ2v) is 6.81. The van der Waals surface area contributed by atoms with Gasteiger partial charge >= 0.3 is 0 Å². The molecular weight excluding hydrogens is 320 g/mol. The predicted octanol–water partition coefficient (Wildman–Crippen LogP) is 1.73. The minimum absolute atomic E-state index is 0.187. The van der Waals surface area contributed by atoms with Crippen molar-refractivity contribution in [3.05, 3.63) is 41.5 Å². The zero-order valence-electron chi connectivity index (χ0n) is 14.6. The van der Waals surface area contributed by atoms with Crippen LogP contribution in [-0.4, -0.2) is 48.2 Å². The fraction of sp³-hybridized carbons (Fsp3) is 0.500. The Morgan fingerprint density at radius 3 is 3.04 bits per heavy atom. The monoisotopic (exact) mass is 342 g/mol. The van der Waals surface area contributed by atoms with Crippen LogP contribution < -0.4 is 4.90 Å². The van der Waals surface area contributed by atoms with Gasteiger partial charge < -0.3 is 14.2 Å². The van der Waals surface area contributed by atoms with Crippen LogP contribution in [0.2, 0.25) is 0 Å². The van der Waals surface area contributed by atoms with Crippen LogP contribution in [0.3, 0.4) is 0 Å². The molecule has 1 amide bonds. The molecule has 0 saturated carbocycles. The van der Waals surface area contributed by atoms with Gasteiger partial charge in [-0.15, -0.1) is 0 Å². The number of rotatable bonds is 4. The van der Waals surface area contributed by atoms with Crippen LogP contribution in [0.4, 0.5) is 5.69 Å². The van der Waals surface area contributed by atoms with Crippen LogP contribution in [0.15, 0.2) is 28.8 Å². The Labute approximate surface area is 146 Å². The molecule has 0 aliphatic carbocycles. The zero-order valence-corrected chi connectivity index (χ0v) is 14.6. The third kappa shape index (κ3) is 2.63. The van der Waals surface area contributed by atoms with Crippen LogP contribution in [0.1, 0.15) is 30.1 Å². The minimum atomic E-state index is -0.456. The van der Waals surface area contributed by atoms with Gasteiger partial charge in [-0.25, -0.2) is 0 Å². The fourth-order valence-electron chi connectivity index (χ4n) is 4.13. The molecule has 1 atom stereocenters. The number of piperidine rings is 1. The number of likely N-dealkylation sites (N-methyl/N-ethyl adjacent to an activating group) is 1. The number of aromatic nitrogens is 2. The molecule has 3 heterocycles. The molecule has 1 aromatic heterocycles. The summed E-state index contributed by atoms with van der Waals surface area (Å²) in [7, 11) is 3.46. The lowest BCUT2D eigenvalue weighted by Gasteiger charge is -2.38. The number of para-hydroxylation sites is 1. The molecule has 1 saturated heterocycles. The second-order valence-electron chi connectivity index (χ2n) is 6.81. The largest absolute Gasteiger partial charge is 0.375 e. The quantitative estimate of drug-likeness (QED) is 0.843. The molecule has 4 rings (SSSR count). The van der Waals surface area contributed by atoms with Gasteiger partial charge in [0.25, 0.3) is 5.89 Å². The van der Waals surface area contributed by atoms with Crippen molar-refractivity contribution < 1.29 is 14.1 Å². The number of hydrogen-bond donors (Lipinski definition) is 0. The first kappa shape index (κ1) is 16.2. The Morgan fingerprint density at radius 1 is 1.36 bits per heavy atom. The topological polar surface area (TPSA) is 71.7 Å². The van der Waals surface area contributed by atoms with E-state index in [9.17, 15) is 4.79 Å². The van der Waals surface area contributed by atoms with E-state index in [1.54, 1.807) is 12.0 Å². The highest BCUT2D eigenvalue weighted by atomic mass is 16.5. The van der Waals surface area contributed by atoms with E-state index in [0.717, 1.165) is 30.6 Å². The van der Waals surface area contributed by atoms with Crippen LogP contribution in [-0.2, 0) is 28.1 Å². The van der Waals surface area contributed by atoms with Crippen LogP contribution in [0.5, 0.6) is 0 Å². The highest BCUT2D eigenvalue weighted by Gasteiger charge is 2.51. The molecular formula is C18H22N4O3. The van der Waals surface area contributed by atoms with Gasteiger partial charge in [0.15, 0.2) is 5.82 Å². The lowest BCUT2D eigenvalue weighted by atomic mass is 9.75. The van der Waals surface area contributed by atoms with Crippen molar-refractivity contribution in [2.24, 2.45) is 0 Å². The number of nitrogens with zero attached hydrogens (tertiary/aromatic N) is 4. The lowest BCUT2D eigenvalue weighted by Crippen LogP contribution is -2.51. The highest BCUT2D eigenvalue weighted by molar-refractivity contribution is 6.08. The SMILES string of the molecule is COCc1nc(CN2CCCC3(C2)C(=O)N(C)c2ccccc23)no1. The molecule has 2 aromatic rings. The van der Waals surface area contributed by atoms with Crippen molar-refractivity contribution in [2.75, 3.05) is 32.1 Å². The van der Waals surface area contributed by atoms with E-state index >= 15 is 0 Å². The summed E-state index contributed by atoms with van der Waals surface area (Å²) in [6.07, 6.45) is 1.85. The third-order valence-electron chi connectivity index (χ3n) is 5.21. The smallest absolute Gasteiger partial charge is 0.252 e. The van der Waals surface area contributed by atoms with Gasteiger partial charge in [-0.2, -0.15) is 4.98 Å². The van der Waals surface area contributed by atoms with Gasteiger partial charge in [0.05, 0.1) is 12.0 Å². The highest BCUT2D eigenvalue weighted by Crippen LogP contribution is 2.46. The van der Waals surface area contributed by atoms with Gasteiger partial charge in [0.1, 0.15) is 6.61 Å². The fourth-order valence-corrected chi connectivity index (χ4v) is 4.13. The number of methoxy groups -OCH3 is 1. The number of hydrogen-bond acceptors (Lipinski definition) is 6. The number of benzene rings is 1. The van der Waals surface area contributed by atoms with E-state index in [1.807, 2.05) is 25.2 Å². The van der Waals surface area contributed by atoms with E-state index in [2.05, 4.69) is 21.1 Å². The van der Waals surface area contributed by atoms with Crippen molar-refractivity contribution in [1.82, 2.24) is 15.0 Å². The van der Waals surface area contributed by atoms with E-state index in [-0.39, 0.29) is 5.91 Å². The standard InChI is InChI=1S/C18H22N4O3/c1-21-14-7-4-3-6-13(14)18(17(21)23)8-5-9-22(12-18)10-15-19-16(11-24-2)25-20-15/h3-4,6-7H,5,8-12H2,1-2H3. The summed E-state index contributed by atoms with van der Waals surface area (Å²) in [5.41, 5.74) is 1.71. The van der Waals surface area contributed by atoms with Crippen molar-refractivity contribution in [1.29, 1.82) is 0 Å². The molecule has 1 aromatic carbocycles. The van der Waals surface area contributed by atoms with Crippen molar-refractivity contribution >= 4 is 11.6 Å². The Hall–Kier alpha value is -2.25. The number of amides is 1. The molecule has 1 fully saturated rings. The van der Waals surface area contributed by atoms with Gasteiger partial charge in [0, 0.05) is 26.4 Å². The van der Waals surface area contributed by atoms with Crippen LogP contribution >= 0.6 is 0 Å². The molecule has 1 unspecified atom stereocenters. The number of likely N-dealkylation sites (tertiary alicyclic amines) is 1. The number of anilines is 1. The maximum Gasteiger partial charge on any atom is 0.252 e. The molecule has 25 heavy (non-hydrogen) atoms. The van der Waals surface area contributed by atoms with E-state index in [0.29, 0.717) is 31.4 Å². The summed E-state index contributed by atoms with van der Waals surface area (Å²) in [5.74, 6) is 1.30. The van der Waals surface area contributed by atoms with Crippen LogP contribution in [0.25, 0.3) is 0 Å². The second kappa shape index (κ2) is 6.24. The summed E-state index contributed by atoms with van der Waals surface area (Å²) in [6, 6.07) is 8.11. The predicted molar refractivity (Wildman–Crippen MR) is 91.1 cm³/mol. The van der Waals surface area contributed by atoms with Crippen molar-refractivity contribution in [3.8, 4) is 0 Å². The molecule has 0 radical (unpaired) electrons. The molecule has 7 heteroatoms. The maximum absolute atomic E-state index is 13.1. The Kier molecular flexibility index (Phi) is 4.05. The Bertz CT molecular complexity index is 790. The Balaban J connectivity index is 1.57. The first-order valence-electron chi connectivity index (χ1n) is 8.54. The number of ether oxygens (including phenoxy) is 1. The summed E-state index contributed by atoms with van der Waals surface area (Å²) >= 11 is 0. The average molecular weight is 342 g/mol. The van der Waals surface area contributed by atoms with Gasteiger partial charge in [0.2, 0.25) is 5.91 Å². The summed E-state index contributed by atoms with van der Waals surface area (Å²) in [4.78, 5) is 21.5. The maximum atomic E-state index is 13.1. The first-order chi connectivity index (χ1) is 12.1. The molecule has 2 aliphatic rings. The first-order valence-corrected chi connectivity index (χ1v) is 8.54. The summed E-state index contributed by atoms with van der Waals surface area (Å²) in [6.45, 7) is 2.50. The van der Waals surface area contributed by atoms with E-state index < -0.39 is 5.41 Å². The van der Waals surface area contributed by atoms with Gasteiger partial charge in [-0.1, -0.05) is 23.4 Å². The molecule has 0 N–H and O–H groups in total. The summed E-state index contributed by atoms with van der Waals surface area (Å²) in [5, 5.41) is 4.02. The molecule has 1 spiro atoms. The molecule has 2 aliphatic heterocycles. The van der Waals surface area contributed by atoms with E-state index in [1.165, 1.54) is 0 Å². The minimum Gasteiger partial charge on any atom is -0.375 e. The van der Waals surface area contributed by atoms with Gasteiger partial charge in [-0.3, -0.25) is 9.69 Å². The summed E-state index contributed by atoms with van der Waals surface area (Å²) < 4.78 is 10.2. The third-order valence-corrected chi connectivity index (χ3v) is 5.21. The lowest BCUT2D eigenvalue weighted by molar-refractivity contribution is -0.125. The number of carbonyl (C=O) groups excluding carboxylic acids is 1. The van der Waals surface area contributed by atoms with E-state index in [4.69, 9.17) is 9.26 Å². The van der Waals surface area contributed by atoms with Crippen LogP contribution in [0, 0.1) is 0 Å². The normalized spacial score (nSPS) is 23.4. The van der Waals surface area contributed by atoms with Gasteiger partial charge in [-0.05, 0) is 31.0 Å². The zero-order chi connectivity index (χ0) is 17.4. The van der Waals surface area contributed by atoms with Crippen molar-refractivity contribution in [2.45, 2.75) is 31.4 Å². The number of fused-ring (bicyclic) bond motifs is 2. The molecule has 7 nitrogen and oxygen atoms in total. The molecule has 0 bridgehead atoms.